The van der Waals surface area contributed by atoms with E-state index in [2.05, 4.69) is 26.9 Å². The molecule has 3 heterocycles. The minimum atomic E-state index is 0.275. The molecule has 0 saturated carbocycles. The lowest BCUT2D eigenvalue weighted by Gasteiger charge is -2.01. The van der Waals surface area contributed by atoms with Gasteiger partial charge in [0.2, 0.25) is 11.6 Å². The summed E-state index contributed by atoms with van der Waals surface area (Å²) in [6.45, 7) is 3.03. The highest BCUT2D eigenvalue weighted by atomic mass is 32.1. The zero-order valence-corrected chi connectivity index (χ0v) is 14.6. The molecule has 0 amide bonds. The highest BCUT2D eigenvalue weighted by Crippen LogP contribution is 2.32. The fraction of sp³-hybridized carbons (Fsp3) is 0.176. The molecule has 0 spiro atoms. The second-order valence-electron chi connectivity index (χ2n) is 5.02. The summed E-state index contributed by atoms with van der Waals surface area (Å²) in [7, 11) is 0. The Hall–Kier alpha value is -2.38. The van der Waals surface area contributed by atoms with Gasteiger partial charge in [0, 0.05) is 11.9 Å². The van der Waals surface area contributed by atoms with Crippen LogP contribution in [0.2, 0.25) is 0 Å². The molecule has 1 aliphatic heterocycles. The summed E-state index contributed by atoms with van der Waals surface area (Å²) < 4.78 is 12.6. The molecule has 24 heavy (non-hydrogen) atoms. The number of rotatable bonds is 4. The first-order valence-electron chi connectivity index (χ1n) is 7.54. The van der Waals surface area contributed by atoms with Gasteiger partial charge in [0.15, 0.2) is 11.5 Å². The first kappa shape index (κ1) is 15.2. The van der Waals surface area contributed by atoms with Gasteiger partial charge >= 0.3 is 0 Å². The number of fused-ring (bicyclic) bond motifs is 1. The molecule has 0 aliphatic carbocycles. The van der Waals surface area contributed by atoms with E-state index in [9.17, 15) is 0 Å². The number of hydrogen-bond donors (Lipinski definition) is 0. The van der Waals surface area contributed by atoms with Gasteiger partial charge in [-0.25, -0.2) is 4.68 Å². The van der Waals surface area contributed by atoms with Crippen LogP contribution in [0.25, 0.3) is 10.6 Å². The largest absolute Gasteiger partial charge is 0.454 e. The Morgan fingerprint density at radius 1 is 1.21 bits per heavy atom. The van der Waals surface area contributed by atoms with E-state index in [-0.39, 0.29) is 6.79 Å². The lowest BCUT2D eigenvalue weighted by Crippen LogP contribution is -2.12. The maximum atomic E-state index is 5.42. The van der Waals surface area contributed by atoms with Crippen molar-refractivity contribution < 1.29 is 9.47 Å². The van der Waals surface area contributed by atoms with Crippen molar-refractivity contribution in [3.8, 4) is 22.1 Å². The van der Waals surface area contributed by atoms with Gasteiger partial charge in [-0.2, -0.15) is 5.10 Å². The minimum Gasteiger partial charge on any atom is -0.454 e. The summed E-state index contributed by atoms with van der Waals surface area (Å²) >= 11 is 3.29. The van der Waals surface area contributed by atoms with Crippen LogP contribution in [0.5, 0.6) is 11.5 Å². The Kier molecular flexibility index (Phi) is 4.18. The second-order valence-corrected chi connectivity index (χ2v) is 6.81. The van der Waals surface area contributed by atoms with E-state index in [1.165, 1.54) is 4.88 Å². The molecule has 0 saturated heterocycles. The number of thiophene rings is 1. The monoisotopic (exact) mass is 357 g/mol. The van der Waals surface area contributed by atoms with Gasteiger partial charge in [0.25, 0.3) is 0 Å². The SMILES string of the molecule is CCN=c1scc(-c2cccs2)n1N=Cc1ccc2c(c1)OCO2. The molecule has 7 heteroatoms. The van der Waals surface area contributed by atoms with Crippen molar-refractivity contribution in [1.82, 2.24) is 4.68 Å². The van der Waals surface area contributed by atoms with E-state index >= 15 is 0 Å². The van der Waals surface area contributed by atoms with Crippen LogP contribution in [-0.2, 0) is 0 Å². The number of aromatic nitrogens is 1. The molecule has 122 valence electrons. The lowest BCUT2D eigenvalue weighted by atomic mass is 10.2. The molecule has 0 N–H and O–H groups in total. The first-order chi connectivity index (χ1) is 11.8. The normalized spacial score (nSPS) is 14.0. The molecule has 2 aromatic heterocycles. The van der Waals surface area contributed by atoms with Gasteiger partial charge in [-0.05, 0) is 42.1 Å². The highest BCUT2D eigenvalue weighted by Gasteiger charge is 2.13. The van der Waals surface area contributed by atoms with Crippen LogP contribution in [0.15, 0.2) is 51.2 Å². The van der Waals surface area contributed by atoms with Gasteiger partial charge < -0.3 is 9.47 Å². The average Bonchev–Trinajstić information content (AvgIpc) is 3.33. The summed E-state index contributed by atoms with van der Waals surface area (Å²) in [4.78, 5) is 6.59. The zero-order chi connectivity index (χ0) is 16.4. The van der Waals surface area contributed by atoms with E-state index in [1.807, 2.05) is 42.1 Å². The van der Waals surface area contributed by atoms with Gasteiger partial charge in [-0.3, -0.25) is 4.99 Å². The maximum Gasteiger partial charge on any atom is 0.231 e. The predicted molar refractivity (Wildman–Crippen MR) is 97.3 cm³/mol. The smallest absolute Gasteiger partial charge is 0.231 e. The van der Waals surface area contributed by atoms with Crippen LogP contribution < -0.4 is 14.3 Å². The third-order valence-electron chi connectivity index (χ3n) is 3.47. The van der Waals surface area contributed by atoms with Crippen molar-refractivity contribution in [2.45, 2.75) is 6.92 Å². The summed E-state index contributed by atoms with van der Waals surface area (Å²) in [6, 6.07) is 9.93. The Bertz CT molecular complexity index is 939. The molecular formula is C17H15N3O2S2. The minimum absolute atomic E-state index is 0.275. The third-order valence-corrected chi connectivity index (χ3v) is 5.22. The van der Waals surface area contributed by atoms with E-state index in [0.717, 1.165) is 34.1 Å². The average molecular weight is 357 g/mol. The Morgan fingerprint density at radius 2 is 2.12 bits per heavy atom. The zero-order valence-electron chi connectivity index (χ0n) is 13.0. The van der Waals surface area contributed by atoms with Crippen molar-refractivity contribution in [2.75, 3.05) is 13.3 Å². The predicted octanol–water partition coefficient (Wildman–Crippen LogP) is 3.81. The maximum absolute atomic E-state index is 5.42. The molecule has 0 radical (unpaired) electrons. The number of hydrogen-bond acceptors (Lipinski definition) is 6. The van der Waals surface area contributed by atoms with Crippen molar-refractivity contribution in [1.29, 1.82) is 0 Å². The molecule has 1 aliphatic rings. The highest BCUT2D eigenvalue weighted by molar-refractivity contribution is 7.14. The van der Waals surface area contributed by atoms with Crippen molar-refractivity contribution in [3.63, 3.8) is 0 Å². The summed E-state index contributed by atoms with van der Waals surface area (Å²) in [5.41, 5.74) is 2.01. The molecule has 0 atom stereocenters. The molecular weight excluding hydrogens is 342 g/mol. The van der Waals surface area contributed by atoms with Gasteiger partial charge in [0.05, 0.1) is 16.8 Å². The van der Waals surface area contributed by atoms with Crippen LogP contribution in [0.3, 0.4) is 0 Å². The molecule has 5 nitrogen and oxygen atoms in total. The van der Waals surface area contributed by atoms with Gasteiger partial charge in [-0.15, -0.1) is 22.7 Å². The third kappa shape index (κ3) is 2.88. The molecule has 4 rings (SSSR count). The van der Waals surface area contributed by atoms with Crippen LogP contribution in [-0.4, -0.2) is 24.2 Å². The first-order valence-corrected chi connectivity index (χ1v) is 9.30. The summed E-state index contributed by atoms with van der Waals surface area (Å²) in [5, 5.41) is 8.81. The quantitative estimate of drug-likeness (QED) is 0.667. The number of ether oxygens (including phenoxy) is 2. The van der Waals surface area contributed by atoms with Crippen LogP contribution >= 0.6 is 22.7 Å². The molecule has 0 fully saturated rings. The number of thiazole rings is 1. The standard InChI is InChI=1S/C17H15N3O2S2/c1-2-18-17-20(13(10-24-17)16-4-3-7-23-16)19-9-12-5-6-14-15(8-12)22-11-21-14/h3-10H,2,11H2,1H3. The topological polar surface area (TPSA) is 48.1 Å². The van der Waals surface area contributed by atoms with Crippen molar-refractivity contribution in [2.24, 2.45) is 10.1 Å². The molecule has 0 bridgehead atoms. The lowest BCUT2D eigenvalue weighted by molar-refractivity contribution is 0.174. The number of nitrogens with zero attached hydrogens (tertiary/aromatic N) is 3. The van der Waals surface area contributed by atoms with Crippen molar-refractivity contribution >= 4 is 28.9 Å². The Balaban J connectivity index is 1.73. The summed E-state index contributed by atoms with van der Waals surface area (Å²) in [6.07, 6.45) is 1.82. The molecule has 0 unspecified atom stereocenters. The fourth-order valence-corrected chi connectivity index (χ4v) is 4.06. The Morgan fingerprint density at radius 3 is 2.96 bits per heavy atom. The Labute approximate surface area is 147 Å². The van der Waals surface area contributed by atoms with Crippen LogP contribution in [0.4, 0.5) is 0 Å². The van der Waals surface area contributed by atoms with Crippen molar-refractivity contribution in [3.05, 3.63) is 51.5 Å². The van der Waals surface area contributed by atoms with E-state index in [4.69, 9.17) is 9.47 Å². The van der Waals surface area contributed by atoms with E-state index in [0.29, 0.717) is 0 Å². The van der Waals surface area contributed by atoms with E-state index in [1.54, 1.807) is 22.7 Å². The molecule has 3 aromatic rings. The number of benzene rings is 1. The second kappa shape index (κ2) is 6.62. The fourth-order valence-electron chi connectivity index (χ4n) is 2.37. The van der Waals surface area contributed by atoms with Gasteiger partial charge in [0.1, 0.15) is 0 Å². The summed E-state index contributed by atoms with van der Waals surface area (Å²) in [5.74, 6) is 1.53. The van der Waals surface area contributed by atoms with Crippen LogP contribution in [0.1, 0.15) is 12.5 Å². The van der Waals surface area contributed by atoms with Gasteiger partial charge in [-0.1, -0.05) is 6.07 Å². The van der Waals surface area contributed by atoms with Crippen LogP contribution in [0, 0.1) is 0 Å². The molecule has 1 aromatic carbocycles. The van der Waals surface area contributed by atoms with E-state index < -0.39 is 0 Å².